The molecule has 21 heavy (non-hydrogen) atoms. The summed E-state index contributed by atoms with van der Waals surface area (Å²) in [7, 11) is -1.30. The van der Waals surface area contributed by atoms with Gasteiger partial charge >= 0.3 is 0 Å². The van der Waals surface area contributed by atoms with E-state index < -0.39 is 10.0 Å². The molecule has 2 rings (SSSR count). The summed E-state index contributed by atoms with van der Waals surface area (Å²) >= 11 is 0. The molecule has 1 saturated carbocycles. The minimum Gasteiger partial charge on any atom is -0.314 e. The van der Waals surface area contributed by atoms with Crippen molar-refractivity contribution in [2.24, 2.45) is 5.92 Å². The van der Waals surface area contributed by atoms with Crippen molar-refractivity contribution in [3.8, 4) is 0 Å². The predicted octanol–water partition coefficient (Wildman–Crippen LogP) is 2.75. The van der Waals surface area contributed by atoms with Crippen molar-refractivity contribution in [2.75, 3.05) is 19.3 Å². The predicted molar refractivity (Wildman–Crippen MR) is 87.8 cm³/mol. The van der Waals surface area contributed by atoms with Crippen molar-refractivity contribution < 1.29 is 8.42 Å². The van der Waals surface area contributed by atoms with Crippen molar-refractivity contribution in [3.05, 3.63) is 0 Å². The van der Waals surface area contributed by atoms with E-state index in [9.17, 15) is 8.42 Å². The fraction of sp³-hybridized carbons (Fsp3) is 1.00. The summed E-state index contributed by atoms with van der Waals surface area (Å²) in [6, 6.07) is 0.634. The zero-order valence-corrected chi connectivity index (χ0v) is 14.5. The lowest BCUT2D eigenvalue weighted by atomic mass is 9.85. The molecule has 1 aliphatic carbocycles. The second-order valence-corrected chi connectivity index (χ2v) is 9.00. The van der Waals surface area contributed by atoms with Gasteiger partial charge in [-0.2, -0.15) is 0 Å². The van der Waals surface area contributed by atoms with Crippen molar-refractivity contribution in [1.29, 1.82) is 0 Å². The molecule has 1 aliphatic heterocycles. The molecule has 0 amide bonds. The number of rotatable bonds is 6. The lowest BCUT2D eigenvalue weighted by molar-refractivity contribution is 0.232. The van der Waals surface area contributed by atoms with Crippen molar-refractivity contribution in [1.82, 2.24) is 9.62 Å². The normalized spacial score (nSPS) is 31.5. The highest BCUT2D eigenvalue weighted by Gasteiger charge is 2.30. The molecular weight excluding hydrogens is 284 g/mol. The van der Waals surface area contributed by atoms with Crippen LogP contribution in [0.4, 0.5) is 0 Å². The van der Waals surface area contributed by atoms with Crippen LogP contribution in [0.3, 0.4) is 0 Å². The first-order chi connectivity index (χ1) is 10.0. The molecule has 1 atom stereocenters. The maximum absolute atomic E-state index is 12.5. The standard InChI is InChI=1S/C16H32N2O2S/c1-3-14-7-9-16(10-8-14)18(2)21(19,20)13-11-15-6-4-5-12-17-15/h14-17H,3-13H2,1-2H3. The van der Waals surface area contributed by atoms with Crippen LogP contribution in [0.15, 0.2) is 0 Å². The Labute approximate surface area is 130 Å². The number of hydrogen-bond donors (Lipinski definition) is 1. The minimum absolute atomic E-state index is 0.233. The third-order valence-electron chi connectivity index (χ3n) is 5.48. The number of hydrogen-bond acceptors (Lipinski definition) is 3. The molecule has 4 nitrogen and oxygen atoms in total. The van der Waals surface area contributed by atoms with Gasteiger partial charge < -0.3 is 5.32 Å². The molecule has 0 aromatic rings. The van der Waals surface area contributed by atoms with Crippen LogP contribution in [-0.2, 0) is 10.0 Å². The Morgan fingerprint density at radius 2 is 1.81 bits per heavy atom. The zero-order chi connectivity index (χ0) is 15.3. The van der Waals surface area contributed by atoms with Gasteiger partial charge in [-0.15, -0.1) is 0 Å². The Bertz CT molecular complexity index is 397. The summed E-state index contributed by atoms with van der Waals surface area (Å²) in [4.78, 5) is 0. The Morgan fingerprint density at radius 3 is 2.38 bits per heavy atom. The number of nitrogens with zero attached hydrogens (tertiary/aromatic N) is 1. The largest absolute Gasteiger partial charge is 0.314 e. The SMILES string of the molecule is CCC1CCC(N(C)S(=O)(=O)CCC2CCCCN2)CC1. The maximum atomic E-state index is 12.5. The first kappa shape index (κ1) is 17.2. The van der Waals surface area contributed by atoms with Crippen LogP contribution in [0.25, 0.3) is 0 Å². The molecular formula is C16H32N2O2S. The summed E-state index contributed by atoms with van der Waals surface area (Å²) in [6.07, 6.45) is 10.0. The Kier molecular flexibility index (Phi) is 6.51. The third-order valence-corrected chi connectivity index (χ3v) is 7.41. The van der Waals surface area contributed by atoms with Crippen LogP contribution in [-0.4, -0.2) is 44.2 Å². The lowest BCUT2D eigenvalue weighted by Gasteiger charge is -2.34. The molecule has 2 fully saturated rings. The Hall–Kier alpha value is -0.130. The van der Waals surface area contributed by atoms with Gasteiger partial charge in [0.1, 0.15) is 0 Å². The fourth-order valence-electron chi connectivity index (χ4n) is 3.75. The summed E-state index contributed by atoms with van der Waals surface area (Å²) in [5.74, 6) is 1.11. The highest BCUT2D eigenvalue weighted by Crippen LogP contribution is 2.30. The molecule has 0 radical (unpaired) electrons. The van der Waals surface area contributed by atoms with Crippen LogP contribution in [0.2, 0.25) is 0 Å². The van der Waals surface area contributed by atoms with Gasteiger partial charge in [-0.05, 0) is 57.4 Å². The molecule has 5 heteroatoms. The van der Waals surface area contributed by atoms with E-state index in [2.05, 4.69) is 12.2 Å². The minimum atomic E-state index is -3.09. The molecule has 1 unspecified atom stereocenters. The van der Waals surface area contributed by atoms with Crippen LogP contribution in [0, 0.1) is 5.92 Å². The number of nitrogens with one attached hydrogen (secondary N) is 1. The second-order valence-electron chi connectivity index (χ2n) is 6.85. The first-order valence-corrected chi connectivity index (χ1v) is 10.3. The van der Waals surface area contributed by atoms with E-state index in [1.165, 1.54) is 32.1 Å². The van der Waals surface area contributed by atoms with Crippen LogP contribution in [0.1, 0.15) is 64.7 Å². The number of sulfonamides is 1. The molecule has 2 aliphatic rings. The van der Waals surface area contributed by atoms with E-state index in [0.29, 0.717) is 11.8 Å². The van der Waals surface area contributed by atoms with E-state index >= 15 is 0 Å². The summed E-state index contributed by atoms with van der Waals surface area (Å²) in [5, 5.41) is 3.44. The molecule has 0 spiro atoms. The van der Waals surface area contributed by atoms with Gasteiger partial charge in [-0.1, -0.05) is 19.8 Å². The Balaban J connectivity index is 1.80. The zero-order valence-electron chi connectivity index (χ0n) is 13.7. The highest BCUT2D eigenvalue weighted by atomic mass is 32.2. The summed E-state index contributed by atoms with van der Waals surface area (Å²) in [6.45, 7) is 3.28. The van der Waals surface area contributed by atoms with Gasteiger partial charge in [0.05, 0.1) is 5.75 Å². The van der Waals surface area contributed by atoms with Crippen LogP contribution >= 0.6 is 0 Å². The smallest absolute Gasteiger partial charge is 0.214 e. The van der Waals surface area contributed by atoms with Crippen molar-refractivity contribution in [2.45, 2.75) is 76.8 Å². The molecule has 0 aromatic heterocycles. The summed E-state index contributed by atoms with van der Waals surface area (Å²) < 4.78 is 26.7. The monoisotopic (exact) mass is 316 g/mol. The molecule has 1 heterocycles. The van der Waals surface area contributed by atoms with Gasteiger partial charge in [-0.25, -0.2) is 12.7 Å². The summed E-state index contributed by atoms with van der Waals surface area (Å²) in [5.41, 5.74) is 0. The molecule has 124 valence electrons. The average Bonchev–Trinajstić information content (AvgIpc) is 2.53. The van der Waals surface area contributed by atoms with Crippen molar-refractivity contribution in [3.63, 3.8) is 0 Å². The topological polar surface area (TPSA) is 49.4 Å². The van der Waals surface area contributed by atoms with Crippen LogP contribution < -0.4 is 5.32 Å². The quantitative estimate of drug-likeness (QED) is 0.820. The Morgan fingerprint density at radius 1 is 1.10 bits per heavy atom. The van der Waals surface area contributed by atoms with E-state index in [-0.39, 0.29) is 6.04 Å². The van der Waals surface area contributed by atoms with E-state index in [4.69, 9.17) is 0 Å². The van der Waals surface area contributed by atoms with Gasteiger partial charge in [0.15, 0.2) is 0 Å². The van der Waals surface area contributed by atoms with Gasteiger partial charge in [-0.3, -0.25) is 0 Å². The maximum Gasteiger partial charge on any atom is 0.214 e. The van der Waals surface area contributed by atoms with Gasteiger partial charge in [0.25, 0.3) is 0 Å². The first-order valence-electron chi connectivity index (χ1n) is 8.72. The molecule has 0 aromatic carbocycles. The van der Waals surface area contributed by atoms with Gasteiger partial charge in [0, 0.05) is 19.1 Å². The van der Waals surface area contributed by atoms with E-state index in [1.54, 1.807) is 11.4 Å². The van der Waals surface area contributed by atoms with Gasteiger partial charge in [0.2, 0.25) is 10.0 Å². The lowest BCUT2D eigenvalue weighted by Crippen LogP contribution is -2.42. The van der Waals surface area contributed by atoms with Crippen LogP contribution in [0.5, 0.6) is 0 Å². The average molecular weight is 317 g/mol. The van der Waals surface area contributed by atoms with E-state index in [0.717, 1.165) is 38.1 Å². The second kappa shape index (κ2) is 7.93. The van der Waals surface area contributed by atoms with Crippen molar-refractivity contribution >= 4 is 10.0 Å². The number of piperidine rings is 1. The molecule has 0 bridgehead atoms. The van der Waals surface area contributed by atoms with E-state index in [1.807, 2.05) is 0 Å². The molecule has 1 N–H and O–H groups in total. The fourth-order valence-corrected chi connectivity index (χ4v) is 5.28. The third kappa shape index (κ3) is 4.93. The highest BCUT2D eigenvalue weighted by molar-refractivity contribution is 7.89. The molecule has 1 saturated heterocycles.